The van der Waals surface area contributed by atoms with E-state index in [0.29, 0.717) is 20.9 Å². The number of carbonyl (C=O) groups is 1. The van der Waals surface area contributed by atoms with E-state index in [0.717, 1.165) is 0 Å². The SMILES string of the molecule is COc1cc([C@H]2c3c(oc4ccc(Cl)cc4c3=O)C(=O)N2c2ccccn2)cc(Br)c1O. The first-order chi connectivity index (χ1) is 15.4. The Kier molecular flexibility index (Phi) is 4.91. The fourth-order valence-electron chi connectivity index (χ4n) is 3.90. The Morgan fingerprint density at radius 3 is 2.72 bits per heavy atom. The Morgan fingerprint density at radius 1 is 1.19 bits per heavy atom. The van der Waals surface area contributed by atoms with Crippen molar-refractivity contribution < 1.29 is 19.1 Å². The standard InChI is InChI=1S/C23H14BrClN2O5/c1-31-16-9-11(8-14(24)21(16)29)19-18-20(28)13-10-12(25)5-6-15(13)32-22(18)23(30)27(19)17-4-2-3-7-26-17/h2-10,19,29H,1H3/t19-/m0/s1. The van der Waals surface area contributed by atoms with Gasteiger partial charge >= 0.3 is 0 Å². The van der Waals surface area contributed by atoms with E-state index in [1.165, 1.54) is 18.1 Å². The number of aromatic hydroxyl groups is 1. The van der Waals surface area contributed by atoms with Crippen LogP contribution in [0.1, 0.15) is 27.7 Å². The van der Waals surface area contributed by atoms with Crippen LogP contribution in [0.5, 0.6) is 11.5 Å². The summed E-state index contributed by atoms with van der Waals surface area (Å²) in [5.74, 6) is -0.130. The maximum absolute atomic E-state index is 13.6. The van der Waals surface area contributed by atoms with Crippen LogP contribution >= 0.6 is 27.5 Å². The van der Waals surface area contributed by atoms with Crippen LogP contribution in [0.15, 0.2) is 68.4 Å². The van der Waals surface area contributed by atoms with Gasteiger partial charge < -0.3 is 14.3 Å². The van der Waals surface area contributed by atoms with E-state index in [9.17, 15) is 14.7 Å². The number of amides is 1. The third-order valence-corrected chi connectivity index (χ3v) is 6.15. The zero-order chi connectivity index (χ0) is 22.6. The predicted molar refractivity (Wildman–Crippen MR) is 123 cm³/mol. The van der Waals surface area contributed by atoms with E-state index in [1.54, 1.807) is 48.7 Å². The topological polar surface area (TPSA) is 92.9 Å². The van der Waals surface area contributed by atoms with Crippen LogP contribution in [0.4, 0.5) is 5.82 Å². The number of phenols is 1. The minimum absolute atomic E-state index is 0.0661. The number of phenolic OH excluding ortho intramolecular Hbond substituents is 1. The molecule has 3 heterocycles. The number of hydrogen-bond acceptors (Lipinski definition) is 6. The Bertz CT molecular complexity index is 1450. The summed E-state index contributed by atoms with van der Waals surface area (Å²) in [6.45, 7) is 0. The lowest BCUT2D eigenvalue weighted by Gasteiger charge is -2.24. The average Bonchev–Trinajstić information content (AvgIpc) is 3.09. The van der Waals surface area contributed by atoms with Gasteiger partial charge in [-0.05, 0) is 64.0 Å². The van der Waals surface area contributed by atoms with Gasteiger partial charge in [0.2, 0.25) is 5.76 Å². The van der Waals surface area contributed by atoms with Crippen molar-refractivity contribution in [2.75, 3.05) is 12.0 Å². The maximum atomic E-state index is 13.6. The van der Waals surface area contributed by atoms with Crippen molar-refractivity contribution in [2.24, 2.45) is 0 Å². The largest absolute Gasteiger partial charge is 0.503 e. The van der Waals surface area contributed by atoms with Gasteiger partial charge in [0.1, 0.15) is 11.4 Å². The minimum atomic E-state index is -0.863. The molecule has 1 amide bonds. The number of pyridine rings is 1. The fraction of sp³-hybridized carbons (Fsp3) is 0.0870. The monoisotopic (exact) mass is 512 g/mol. The van der Waals surface area contributed by atoms with Gasteiger partial charge in [-0.2, -0.15) is 0 Å². The quantitative estimate of drug-likeness (QED) is 0.411. The van der Waals surface area contributed by atoms with Crippen LogP contribution < -0.4 is 15.1 Å². The zero-order valence-corrected chi connectivity index (χ0v) is 18.8. The van der Waals surface area contributed by atoms with E-state index < -0.39 is 11.9 Å². The number of rotatable bonds is 3. The van der Waals surface area contributed by atoms with Crippen LogP contribution in [0.25, 0.3) is 11.0 Å². The summed E-state index contributed by atoms with van der Waals surface area (Å²) in [6.07, 6.45) is 1.56. The van der Waals surface area contributed by atoms with Crippen molar-refractivity contribution in [1.29, 1.82) is 0 Å². The zero-order valence-electron chi connectivity index (χ0n) is 16.5. The molecule has 0 saturated carbocycles. The number of fused-ring (bicyclic) bond motifs is 2. The molecule has 4 aromatic rings. The lowest BCUT2D eigenvalue weighted by Crippen LogP contribution is -2.30. The molecular weight excluding hydrogens is 500 g/mol. The second-order valence-electron chi connectivity index (χ2n) is 7.13. The Morgan fingerprint density at radius 2 is 2.00 bits per heavy atom. The molecule has 2 aromatic carbocycles. The molecule has 1 aliphatic rings. The summed E-state index contributed by atoms with van der Waals surface area (Å²) in [5.41, 5.74) is 0.578. The highest BCUT2D eigenvalue weighted by Gasteiger charge is 2.44. The molecule has 0 bridgehead atoms. The van der Waals surface area contributed by atoms with Crippen LogP contribution in [0.3, 0.4) is 0 Å². The van der Waals surface area contributed by atoms with Crippen molar-refractivity contribution in [2.45, 2.75) is 6.04 Å². The van der Waals surface area contributed by atoms with Gasteiger partial charge in [-0.25, -0.2) is 4.98 Å². The van der Waals surface area contributed by atoms with Crippen molar-refractivity contribution in [3.63, 3.8) is 0 Å². The molecule has 2 aromatic heterocycles. The van der Waals surface area contributed by atoms with Crippen LogP contribution in [0.2, 0.25) is 5.02 Å². The maximum Gasteiger partial charge on any atom is 0.296 e. The number of halogens is 2. The molecular formula is C23H14BrClN2O5. The number of methoxy groups -OCH3 is 1. The molecule has 1 aliphatic heterocycles. The molecule has 0 aliphatic carbocycles. The Labute approximate surface area is 195 Å². The average molecular weight is 514 g/mol. The van der Waals surface area contributed by atoms with Gasteiger partial charge in [-0.1, -0.05) is 17.7 Å². The van der Waals surface area contributed by atoms with E-state index in [4.69, 9.17) is 20.8 Å². The smallest absolute Gasteiger partial charge is 0.296 e. The van der Waals surface area contributed by atoms with E-state index in [1.807, 2.05) is 0 Å². The number of anilines is 1. The van der Waals surface area contributed by atoms with Gasteiger partial charge in [-0.3, -0.25) is 14.5 Å². The highest BCUT2D eigenvalue weighted by atomic mass is 79.9. The molecule has 0 unspecified atom stereocenters. The molecule has 0 radical (unpaired) electrons. The van der Waals surface area contributed by atoms with Crippen molar-refractivity contribution >= 4 is 50.2 Å². The molecule has 1 atom stereocenters. The summed E-state index contributed by atoms with van der Waals surface area (Å²) in [7, 11) is 1.42. The number of benzene rings is 2. The van der Waals surface area contributed by atoms with Gasteiger partial charge in [0.25, 0.3) is 5.91 Å². The first kappa shape index (κ1) is 20.5. The normalized spacial score (nSPS) is 15.3. The number of aromatic nitrogens is 1. The highest BCUT2D eigenvalue weighted by molar-refractivity contribution is 9.10. The van der Waals surface area contributed by atoms with Crippen molar-refractivity contribution in [1.82, 2.24) is 4.98 Å². The first-order valence-corrected chi connectivity index (χ1v) is 10.6. The Hall–Kier alpha value is -3.36. The van der Waals surface area contributed by atoms with Gasteiger partial charge in [0.05, 0.1) is 28.6 Å². The Balaban J connectivity index is 1.85. The van der Waals surface area contributed by atoms with E-state index in [-0.39, 0.29) is 39.2 Å². The molecule has 0 spiro atoms. The molecule has 32 heavy (non-hydrogen) atoms. The summed E-state index contributed by atoms with van der Waals surface area (Å²) in [6, 6.07) is 12.2. The molecule has 160 valence electrons. The second-order valence-corrected chi connectivity index (χ2v) is 8.42. The molecule has 5 rings (SSSR count). The number of nitrogens with zero attached hydrogens (tertiary/aromatic N) is 2. The molecule has 0 saturated heterocycles. The number of hydrogen-bond donors (Lipinski definition) is 1. The van der Waals surface area contributed by atoms with Crippen LogP contribution in [-0.4, -0.2) is 23.1 Å². The molecule has 1 N–H and O–H groups in total. The molecule has 7 nitrogen and oxygen atoms in total. The minimum Gasteiger partial charge on any atom is -0.503 e. The highest BCUT2D eigenvalue weighted by Crippen LogP contribution is 2.44. The van der Waals surface area contributed by atoms with E-state index in [2.05, 4.69) is 20.9 Å². The number of ether oxygens (including phenoxy) is 1. The van der Waals surface area contributed by atoms with Crippen LogP contribution in [-0.2, 0) is 0 Å². The second kappa shape index (κ2) is 7.65. The first-order valence-electron chi connectivity index (χ1n) is 9.48. The van der Waals surface area contributed by atoms with Gasteiger partial charge in [0, 0.05) is 11.2 Å². The molecule has 9 heteroatoms. The fourth-order valence-corrected chi connectivity index (χ4v) is 4.53. The van der Waals surface area contributed by atoms with Gasteiger partial charge in [0.15, 0.2) is 16.9 Å². The summed E-state index contributed by atoms with van der Waals surface area (Å²) in [4.78, 5) is 32.8. The third-order valence-electron chi connectivity index (χ3n) is 5.31. The summed E-state index contributed by atoms with van der Waals surface area (Å²) in [5, 5.41) is 10.9. The predicted octanol–water partition coefficient (Wildman–Crippen LogP) is 5.07. The van der Waals surface area contributed by atoms with Crippen molar-refractivity contribution in [3.05, 3.63) is 91.3 Å². The van der Waals surface area contributed by atoms with Crippen LogP contribution in [0, 0.1) is 0 Å². The third kappa shape index (κ3) is 3.06. The molecule has 0 fully saturated rings. The lowest BCUT2D eigenvalue weighted by molar-refractivity contribution is 0.0970. The van der Waals surface area contributed by atoms with E-state index >= 15 is 0 Å². The summed E-state index contributed by atoms with van der Waals surface area (Å²) < 4.78 is 11.5. The number of carbonyl (C=O) groups excluding carboxylic acids is 1. The summed E-state index contributed by atoms with van der Waals surface area (Å²) >= 11 is 9.42. The van der Waals surface area contributed by atoms with Crippen molar-refractivity contribution in [3.8, 4) is 11.5 Å². The lowest BCUT2D eigenvalue weighted by atomic mass is 9.98. The van der Waals surface area contributed by atoms with Gasteiger partial charge in [-0.15, -0.1) is 0 Å².